The summed E-state index contributed by atoms with van der Waals surface area (Å²) in [5.74, 6) is 0. The normalized spacial score (nSPS) is 11.4. The highest BCUT2D eigenvalue weighted by molar-refractivity contribution is 6.42. The lowest BCUT2D eigenvalue weighted by atomic mass is 10.1. The molecule has 3 rings (SSSR count). The number of hydrogen-bond acceptors (Lipinski definition) is 3. The molecule has 128 valence electrons. The monoisotopic (exact) mass is 374 g/mol. The molecule has 2 aromatic carbocycles. The minimum atomic E-state index is -0.260. The van der Waals surface area contributed by atoms with E-state index in [2.05, 4.69) is 15.3 Å². The summed E-state index contributed by atoms with van der Waals surface area (Å²) in [5, 5.41) is 12.0. The third-order valence-electron chi connectivity index (χ3n) is 3.96. The fourth-order valence-electron chi connectivity index (χ4n) is 2.36. The number of aryl methyl sites for hydroxylation is 3. The molecule has 0 radical (unpaired) electrons. The third-order valence-corrected chi connectivity index (χ3v) is 4.70. The molecule has 0 atom stereocenters. The highest BCUT2D eigenvalue weighted by atomic mass is 35.5. The number of H-pyrrole nitrogens is 1. The number of aromatic nitrogens is 2. The zero-order valence-electron chi connectivity index (χ0n) is 14.0. The summed E-state index contributed by atoms with van der Waals surface area (Å²) in [6.07, 6.45) is 0. The maximum Gasteiger partial charge on any atom is 0.299 e. The zero-order valence-corrected chi connectivity index (χ0v) is 15.5. The average Bonchev–Trinajstić information content (AvgIpc) is 2.86. The predicted octanol–water partition coefficient (Wildman–Crippen LogP) is 5.81. The highest BCUT2D eigenvalue weighted by Gasteiger charge is 2.12. The average molecular weight is 375 g/mol. The molecule has 0 unspecified atom stereocenters. The maximum absolute atomic E-state index is 12.7. The van der Waals surface area contributed by atoms with Crippen molar-refractivity contribution < 1.29 is 0 Å². The Morgan fingerprint density at radius 3 is 2.36 bits per heavy atom. The topological polar surface area (TPSA) is 62.5 Å². The first-order valence-corrected chi connectivity index (χ1v) is 8.38. The van der Waals surface area contributed by atoms with E-state index >= 15 is 0 Å². The number of azo groups is 1. The van der Waals surface area contributed by atoms with Crippen LogP contribution < -0.4 is 5.56 Å². The number of benzene rings is 2. The summed E-state index contributed by atoms with van der Waals surface area (Å²) < 4.78 is 1.46. The summed E-state index contributed by atoms with van der Waals surface area (Å²) in [4.78, 5) is 12.7. The lowest BCUT2D eigenvalue weighted by Crippen LogP contribution is -2.14. The van der Waals surface area contributed by atoms with Crippen LogP contribution in [0.25, 0.3) is 5.69 Å². The SMILES string of the molecule is Cc1ccc(-n2[nH]c(C)c(N=Nc3ccc(Cl)c(Cl)c3)c2=O)cc1C. The van der Waals surface area contributed by atoms with Crippen LogP contribution in [0.4, 0.5) is 11.4 Å². The fourth-order valence-corrected chi connectivity index (χ4v) is 2.65. The zero-order chi connectivity index (χ0) is 18.1. The van der Waals surface area contributed by atoms with E-state index in [1.807, 2.05) is 32.0 Å². The molecule has 0 saturated carbocycles. The van der Waals surface area contributed by atoms with Crippen LogP contribution >= 0.6 is 23.2 Å². The Labute approximate surface area is 154 Å². The van der Waals surface area contributed by atoms with Crippen molar-refractivity contribution >= 4 is 34.6 Å². The molecule has 1 heterocycles. The van der Waals surface area contributed by atoms with Gasteiger partial charge in [-0.1, -0.05) is 29.3 Å². The first kappa shape index (κ1) is 17.5. The van der Waals surface area contributed by atoms with Crippen LogP contribution in [0.5, 0.6) is 0 Å². The molecule has 0 aliphatic rings. The summed E-state index contributed by atoms with van der Waals surface area (Å²) in [7, 11) is 0. The molecule has 0 aliphatic carbocycles. The van der Waals surface area contributed by atoms with Gasteiger partial charge < -0.3 is 0 Å². The minimum absolute atomic E-state index is 0.254. The van der Waals surface area contributed by atoms with Gasteiger partial charge in [0, 0.05) is 0 Å². The van der Waals surface area contributed by atoms with Gasteiger partial charge in [0.15, 0.2) is 5.69 Å². The Hall–Kier alpha value is -2.37. The Morgan fingerprint density at radius 2 is 1.68 bits per heavy atom. The number of nitrogens with one attached hydrogen (secondary N) is 1. The van der Waals surface area contributed by atoms with Gasteiger partial charge in [0.05, 0.1) is 27.1 Å². The molecule has 5 nitrogen and oxygen atoms in total. The summed E-state index contributed by atoms with van der Waals surface area (Å²) in [5.41, 5.74) is 4.18. The molecule has 0 amide bonds. The Balaban J connectivity index is 1.99. The quantitative estimate of drug-likeness (QED) is 0.577. The molecule has 1 aromatic heterocycles. The summed E-state index contributed by atoms with van der Waals surface area (Å²) in [6, 6.07) is 10.7. The largest absolute Gasteiger partial charge is 0.299 e. The molecule has 0 spiro atoms. The Morgan fingerprint density at radius 1 is 0.920 bits per heavy atom. The van der Waals surface area contributed by atoms with E-state index in [-0.39, 0.29) is 11.2 Å². The van der Waals surface area contributed by atoms with E-state index in [1.54, 1.807) is 25.1 Å². The lowest BCUT2D eigenvalue weighted by molar-refractivity contribution is 0.833. The van der Waals surface area contributed by atoms with E-state index in [9.17, 15) is 4.79 Å². The van der Waals surface area contributed by atoms with E-state index < -0.39 is 0 Å². The van der Waals surface area contributed by atoms with Gasteiger partial charge in [0.2, 0.25) is 0 Å². The second kappa shape index (κ2) is 6.86. The van der Waals surface area contributed by atoms with Crippen LogP contribution in [0, 0.1) is 20.8 Å². The van der Waals surface area contributed by atoms with Gasteiger partial charge in [-0.2, -0.15) is 5.11 Å². The summed E-state index contributed by atoms with van der Waals surface area (Å²) >= 11 is 11.8. The van der Waals surface area contributed by atoms with Crippen LogP contribution in [-0.2, 0) is 0 Å². The third kappa shape index (κ3) is 3.52. The molecule has 0 aliphatic heterocycles. The number of nitrogens with zero attached hydrogens (tertiary/aromatic N) is 3. The predicted molar refractivity (Wildman–Crippen MR) is 101 cm³/mol. The van der Waals surface area contributed by atoms with E-state index in [0.29, 0.717) is 21.4 Å². The van der Waals surface area contributed by atoms with Gasteiger partial charge in [-0.15, -0.1) is 5.11 Å². The second-order valence-electron chi connectivity index (χ2n) is 5.79. The van der Waals surface area contributed by atoms with Gasteiger partial charge >= 0.3 is 0 Å². The molecule has 1 N–H and O–H groups in total. The Kier molecular flexibility index (Phi) is 4.79. The van der Waals surface area contributed by atoms with Crippen molar-refractivity contribution in [3.63, 3.8) is 0 Å². The van der Waals surface area contributed by atoms with Gasteiger partial charge in [-0.3, -0.25) is 9.89 Å². The van der Waals surface area contributed by atoms with E-state index in [1.165, 1.54) is 10.2 Å². The molecular weight excluding hydrogens is 359 g/mol. The molecule has 0 saturated heterocycles. The van der Waals surface area contributed by atoms with Gasteiger partial charge in [0.25, 0.3) is 5.56 Å². The number of rotatable bonds is 3. The summed E-state index contributed by atoms with van der Waals surface area (Å²) in [6.45, 7) is 5.81. The molecule has 7 heteroatoms. The van der Waals surface area contributed by atoms with E-state index in [0.717, 1.165) is 11.3 Å². The first-order chi connectivity index (χ1) is 11.9. The number of halogens is 2. The van der Waals surface area contributed by atoms with Crippen LogP contribution in [0.1, 0.15) is 16.8 Å². The maximum atomic E-state index is 12.7. The van der Waals surface area contributed by atoms with Crippen molar-refractivity contribution in [1.82, 2.24) is 9.78 Å². The standard InChI is InChI=1S/C18H16Cl2N4O/c1-10-4-6-14(8-11(10)2)24-18(25)17(12(3)23-24)22-21-13-5-7-15(19)16(20)9-13/h4-9,23H,1-3H3. The van der Waals surface area contributed by atoms with Crippen molar-refractivity contribution in [2.45, 2.75) is 20.8 Å². The van der Waals surface area contributed by atoms with Crippen molar-refractivity contribution in [2.75, 3.05) is 0 Å². The van der Waals surface area contributed by atoms with Crippen LogP contribution in [0.2, 0.25) is 10.0 Å². The fraction of sp³-hybridized carbons (Fsp3) is 0.167. The van der Waals surface area contributed by atoms with Gasteiger partial charge in [-0.05, 0) is 62.2 Å². The lowest BCUT2D eigenvalue weighted by Gasteiger charge is -2.05. The highest BCUT2D eigenvalue weighted by Crippen LogP contribution is 2.27. The molecule has 25 heavy (non-hydrogen) atoms. The van der Waals surface area contributed by atoms with E-state index in [4.69, 9.17) is 23.2 Å². The second-order valence-corrected chi connectivity index (χ2v) is 6.61. The molecule has 3 aromatic rings. The van der Waals surface area contributed by atoms with Crippen molar-refractivity contribution in [1.29, 1.82) is 0 Å². The van der Waals surface area contributed by atoms with Crippen molar-refractivity contribution in [2.24, 2.45) is 10.2 Å². The smallest absolute Gasteiger partial charge is 0.293 e. The minimum Gasteiger partial charge on any atom is -0.293 e. The van der Waals surface area contributed by atoms with Gasteiger partial charge in [-0.25, -0.2) is 4.68 Å². The molecular formula is C18H16Cl2N4O. The first-order valence-electron chi connectivity index (χ1n) is 7.63. The molecule has 0 bridgehead atoms. The van der Waals surface area contributed by atoms with Crippen LogP contribution in [0.3, 0.4) is 0 Å². The van der Waals surface area contributed by atoms with Crippen molar-refractivity contribution in [3.8, 4) is 5.69 Å². The number of aromatic amines is 1. The van der Waals surface area contributed by atoms with Crippen molar-refractivity contribution in [3.05, 3.63) is 73.6 Å². The van der Waals surface area contributed by atoms with Gasteiger partial charge in [0.1, 0.15) is 0 Å². The van der Waals surface area contributed by atoms with Crippen LogP contribution in [-0.4, -0.2) is 9.78 Å². The van der Waals surface area contributed by atoms with Crippen LogP contribution in [0.15, 0.2) is 51.4 Å². The Bertz CT molecular complexity index is 1030. The molecule has 0 fully saturated rings. The number of hydrogen-bond donors (Lipinski definition) is 1.